The van der Waals surface area contributed by atoms with Gasteiger partial charge >= 0.3 is 5.97 Å². The predicted octanol–water partition coefficient (Wildman–Crippen LogP) is 1.76. The van der Waals surface area contributed by atoms with Gasteiger partial charge in [0.15, 0.2) is 6.61 Å². The van der Waals surface area contributed by atoms with E-state index in [-0.39, 0.29) is 30.4 Å². The van der Waals surface area contributed by atoms with E-state index < -0.39 is 11.9 Å². The molecule has 134 valence electrons. The smallest absolute Gasteiger partial charge is 0.335 e. The van der Waals surface area contributed by atoms with E-state index in [9.17, 15) is 14.4 Å². The quantitative estimate of drug-likeness (QED) is 0.846. The largest absolute Gasteiger partial charge is 0.497 e. The van der Waals surface area contributed by atoms with E-state index in [0.717, 1.165) is 0 Å². The SMILES string of the molecule is COc1ccc(NC(=O)CN2C(=O)COc3cc(C(=O)O)ccc32)cc1. The van der Waals surface area contributed by atoms with Crippen molar-refractivity contribution in [3.05, 3.63) is 48.0 Å². The molecule has 1 aliphatic rings. The highest BCUT2D eigenvalue weighted by molar-refractivity contribution is 6.05. The molecule has 1 heterocycles. The lowest BCUT2D eigenvalue weighted by Gasteiger charge is -2.29. The van der Waals surface area contributed by atoms with Crippen molar-refractivity contribution < 1.29 is 29.0 Å². The van der Waals surface area contributed by atoms with Crippen LogP contribution < -0.4 is 19.7 Å². The van der Waals surface area contributed by atoms with Crippen molar-refractivity contribution in [2.24, 2.45) is 0 Å². The number of anilines is 2. The summed E-state index contributed by atoms with van der Waals surface area (Å²) in [6, 6.07) is 10.9. The van der Waals surface area contributed by atoms with Gasteiger partial charge in [0.2, 0.25) is 5.91 Å². The molecule has 0 spiro atoms. The summed E-state index contributed by atoms with van der Waals surface area (Å²) < 4.78 is 10.3. The number of rotatable bonds is 5. The van der Waals surface area contributed by atoms with E-state index in [1.807, 2.05) is 0 Å². The number of fused-ring (bicyclic) bond motifs is 1. The van der Waals surface area contributed by atoms with Crippen LogP contribution in [0.4, 0.5) is 11.4 Å². The topological polar surface area (TPSA) is 105 Å². The van der Waals surface area contributed by atoms with Crippen molar-refractivity contribution >= 4 is 29.2 Å². The lowest BCUT2D eigenvalue weighted by Crippen LogP contribution is -2.43. The van der Waals surface area contributed by atoms with Gasteiger partial charge in [0.05, 0.1) is 18.4 Å². The fourth-order valence-corrected chi connectivity index (χ4v) is 2.53. The summed E-state index contributed by atoms with van der Waals surface area (Å²) in [4.78, 5) is 36.7. The Bertz CT molecular complexity index is 862. The summed E-state index contributed by atoms with van der Waals surface area (Å²) in [6.45, 7) is -0.473. The Labute approximate surface area is 148 Å². The molecular formula is C18H16N2O6. The number of carbonyl (C=O) groups excluding carboxylic acids is 2. The number of amides is 2. The number of hydrogen-bond donors (Lipinski definition) is 2. The van der Waals surface area contributed by atoms with Gasteiger partial charge in [0.1, 0.15) is 18.0 Å². The molecule has 0 atom stereocenters. The van der Waals surface area contributed by atoms with Crippen LogP contribution in [0.3, 0.4) is 0 Å². The third-order valence-corrected chi connectivity index (χ3v) is 3.83. The third kappa shape index (κ3) is 3.59. The van der Waals surface area contributed by atoms with E-state index in [1.54, 1.807) is 31.4 Å². The molecule has 26 heavy (non-hydrogen) atoms. The molecule has 0 radical (unpaired) electrons. The highest BCUT2D eigenvalue weighted by Gasteiger charge is 2.28. The average molecular weight is 356 g/mol. The summed E-state index contributed by atoms with van der Waals surface area (Å²) in [7, 11) is 1.55. The van der Waals surface area contributed by atoms with Gasteiger partial charge in [-0.05, 0) is 42.5 Å². The zero-order valence-electron chi connectivity index (χ0n) is 13.9. The van der Waals surface area contributed by atoms with Gasteiger partial charge in [-0.1, -0.05) is 0 Å². The Morgan fingerprint density at radius 1 is 1.23 bits per heavy atom. The van der Waals surface area contributed by atoms with E-state index in [0.29, 0.717) is 17.1 Å². The second kappa shape index (κ2) is 7.14. The minimum Gasteiger partial charge on any atom is -0.497 e. The maximum Gasteiger partial charge on any atom is 0.335 e. The van der Waals surface area contributed by atoms with Crippen LogP contribution in [0, 0.1) is 0 Å². The molecule has 0 unspecified atom stereocenters. The molecule has 0 saturated carbocycles. The van der Waals surface area contributed by atoms with Gasteiger partial charge in [-0.3, -0.25) is 14.5 Å². The second-order valence-corrected chi connectivity index (χ2v) is 5.53. The van der Waals surface area contributed by atoms with Crippen LogP contribution in [0.25, 0.3) is 0 Å². The van der Waals surface area contributed by atoms with Crippen LogP contribution in [-0.2, 0) is 9.59 Å². The molecule has 0 aromatic heterocycles. The zero-order chi connectivity index (χ0) is 18.7. The van der Waals surface area contributed by atoms with Crippen molar-refractivity contribution in [3.63, 3.8) is 0 Å². The molecule has 2 N–H and O–H groups in total. The molecule has 8 nitrogen and oxygen atoms in total. The van der Waals surface area contributed by atoms with Crippen LogP contribution in [-0.4, -0.2) is 43.2 Å². The first-order chi connectivity index (χ1) is 12.5. The van der Waals surface area contributed by atoms with E-state index in [1.165, 1.54) is 23.1 Å². The molecule has 3 rings (SSSR count). The van der Waals surface area contributed by atoms with E-state index >= 15 is 0 Å². The Morgan fingerprint density at radius 3 is 2.62 bits per heavy atom. The van der Waals surface area contributed by atoms with E-state index in [4.69, 9.17) is 14.6 Å². The number of carbonyl (C=O) groups is 3. The van der Waals surface area contributed by atoms with Gasteiger partial charge in [-0.15, -0.1) is 0 Å². The lowest BCUT2D eigenvalue weighted by atomic mass is 10.1. The highest BCUT2D eigenvalue weighted by Crippen LogP contribution is 2.33. The first kappa shape index (κ1) is 17.3. The summed E-state index contributed by atoms with van der Waals surface area (Å²) in [6.07, 6.45) is 0. The fraction of sp³-hybridized carbons (Fsp3) is 0.167. The van der Waals surface area contributed by atoms with Crippen molar-refractivity contribution in [2.75, 3.05) is 30.5 Å². The number of benzene rings is 2. The molecule has 0 bridgehead atoms. The number of carboxylic acids is 1. The van der Waals surface area contributed by atoms with Crippen molar-refractivity contribution in [3.8, 4) is 11.5 Å². The number of aromatic carboxylic acids is 1. The van der Waals surface area contributed by atoms with Gasteiger partial charge in [-0.2, -0.15) is 0 Å². The lowest BCUT2D eigenvalue weighted by molar-refractivity contribution is -0.123. The van der Waals surface area contributed by atoms with E-state index in [2.05, 4.69) is 5.32 Å². The number of methoxy groups -OCH3 is 1. The van der Waals surface area contributed by atoms with Crippen LogP contribution >= 0.6 is 0 Å². The second-order valence-electron chi connectivity index (χ2n) is 5.53. The molecular weight excluding hydrogens is 340 g/mol. The number of carboxylic acid groups (broad SMARTS) is 1. The van der Waals surface area contributed by atoms with Gasteiger partial charge < -0.3 is 19.9 Å². The van der Waals surface area contributed by atoms with Gasteiger partial charge in [0.25, 0.3) is 5.91 Å². The number of hydrogen-bond acceptors (Lipinski definition) is 5. The molecule has 0 fully saturated rings. The fourth-order valence-electron chi connectivity index (χ4n) is 2.53. The molecule has 0 aliphatic carbocycles. The predicted molar refractivity (Wildman–Crippen MR) is 92.9 cm³/mol. The average Bonchev–Trinajstić information content (AvgIpc) is 2.64. The summed E-state index contributed by atoms with van der Waals surface area (Å²) in [5.41, 5.74) is 0.967. The summed E-state index contributed by atoms with van der Waals surface area (Å²) >= 11 is 0. The van der Waals surface area contributed by atoms with Crippen LogP contribution in [0.15, 0.2) is 42.5 Å². The Balaban J connectivity index is 1.75. The Kier molecular flexibility index (Phi) is 4.74. The van der Waals surface area contributed by atoms with Crippen LogP contribution in [0.5, 0.6) is 11.5 Å². The van der Waals surface area contributed by atoms with Gasteiger partial charge in [0, 0.05) is 5.69 Å². The van der Waals surface area contributed by atoms with Crippen molar-refractivity contribution in [1.82, 2.24) is 0 Å². The normalized spacial score (nSPS) is 12.8. The number of ether oxygens (including phenoxy) is 2. The third-order valence-electron chi connectivity index (χ3n) is 3.83. The number of nitrogens with zero attached hydrogens (tertiary/aromatic N) is 1. The molecule has 1 aliphatic heterocycles. The maximum absolute atomic E-state index is 12.3. The minimum absolute atomic E-state index is 0.0423. The first-order valence-electron chi connectivity index (χ1n) is 7.72. The first-order valence-corrected chi connectivity index (χ1v) is 7.72. The molecule has 8 heteroatoms. The van der Waals surface area contributed by atoms with Crippen LogP contribution in [0.1, 0.15) is 10.4 Å². The molecule has 2 aromatic rings. The van der Waals surface area contributed by atoms with Crippen molar-refractivity contribution in [1.29, 1.82) is 0 Å². The highest BCUT2D eigenvalue weighted by atomic mass is 16.5. The standard InChI is InChI=1S/C18H16N2O6/c1-25-13-5-3-12(4-6-13)19-16(21)9-20-14-7-2-11(18(23)24)8-15(14)26-10-17(20)22/h2-8H,9-10H2,1H3,(H,19,21)(H,23,24). The monoisotopic (exact) mass is 356 g/mol. The van der Waals surface area contributed by atoms with Gasteiger partial charge in [-0.25, -0.2) is 4.79 Å². The van der Waals surface area contributed by atoms with Crippen LogP contribution in [0.2, 0.25) is 0 Å². The summed E-state index contributed by atoms with van der Waals surface area (Å²) in [5, 5.41) is 11.7. The summed E-state index contributed by atoms with van der Waals surface area (Å²) in [5.74, 6) is -0.961. The molecule has 0 saturated heterocycles. The minimum atomic E-state index is -1.10. The molecule has 2 aromatic carbocycles. The zero-order valence-corrected chi connectivity index (χ0v) is 13.9. The maximum atomic E-state index is 12.3. The Morgan fingerprint density at radius 2 is 1.96 bits per heavy atom. The van der Waals surface area contributed by atoms with Crippen molar-refractivity contribution in [2.45, 2.75) is 0 Å². The Hall–Kier alpha value is -3.55. The number of nitrogens with one attached hydrogen (secondary N) is 1. The molecule has 2 amide bonds.